The van der Waals surface area contributed by atoms with E-state index < -0.39 is 0 Å². The fraction of sp³-hybridized carbons (Fsp3) is 0.533. The van der Waals surface area contributed by atoms with Crippen molar-refractivity contribution >= 4 is 22.7 Å². The molecule has 21 heavy (non-hydrogen) atoms. The highest BCUT2D eigenvalue weighted by Crippen LogP contribution is 2.26. The number of nitro benzene ring substituents is 1. The highest BCUT2D eigenvalue weighted by molar-refractivity contribution is 5.79. The molecule has 2 atom stereocenters. The molecule has 1 fully saturated rings. The summed E-state index contributed by atoms with van der Waals surface area (Å²) in [6.07, 6.45) is 6.08. The smallest absolute Gasteiger partial charge is 0.271 e. The fourth-order valence-electron chi connectivity index (χ4n) is 3.00. The highest BCUT2D eigenvalue weighted by atomic mass is 16.6. The average molecular weight is 288 g/mol. The summed E-state index contributed by atoms with van der Waals surface area (Å²) in [5.41, 5.74) is 1.54. The van der Waals surface area contributed by atoms with Gasteiger partial charge in [0, 0.05) is 18.2 Å². The number of imidazole rings is 1. The first-order valence-electron chi connectivity index (χ1n) is 7.52. The summed E-state index contributed by atoms with van der Waals surface area (Å²) < 4.78 is 0. The van der Waals surface area contributed by atoms with E-state index in [2.05, 4.69) is 22.2 Å². The SMILES string of the molecule is CC1CCCC(Nc2nc3ccc([N+](=O)[O-])cc3[nH]2)CC1. The van der Waals surface area contributed by atoms with Gasteiger partial charge >= 0.3 is 0 Å². The molecule has 2 aromatic rings. The summed E-state index contributed by atoms with van der Waals surface area (Å²) in [6, 6.07) is 5.14. The van der Waals surface area contributed by atoms with Gasteiger partial charge in [-0.05, 0) is 31.2 Å². The maximum atomic E-state index is 10.8. The predicted octanol–water partition coefficient (Wildman–Crippen LogP) is 3.85. The number of nitrogens with one attached hydrogen (secondary N) is 2. The third-order valence-electron chi connectivity index (χ3n) is 4.27. The van der Waals surface area contributed by atoms with Gasteiger partial charge in [-0.1, -0.05) is 19.8 Å². The van der Waals surface area contributed by atoms with Crippen LogP contribution in [-0.2, 0) is 0 Å². The van der Waals surface area contributed by atoms with E-state index in [1.165, 1.54) is 31.4 Å². The molecule has 1 heterocycles. The molecule has 3 rings (SSSR count). The summed E-state index contributed by atoms with van der Waals surface area (Å²) >= 11 is 0. The Balaban J connectivity index is 1.76. The quantitative estimate of drug-likeness (QED) is 0.510. The van der Waals surface area contributed by atoms with Crippen molar-refractivity contribution in [3.05, 3.63) is 28.3 Å². The van der Waals surface area contributed by atoms with Gasteiger partial charge in [-0.15, -0.1) is 0 Å². The van der Waals surface area contributed by atoms with Gasteiger partial charge in [0.2, 0.25) is 5.95 Å². The molecule has 1 saturated carbocycles. The zero-order valence-corrected chi connectivity index (χ0v) is 12.1. The molecular weight excluding hydrogens is 268 g/mol. The standard InChI is InChI=1S/C15H20N4O2/c1-10-3-2-4-11(6-5-10)16-15-17-13-8-7-12(19(20)21)9-14(13)18-15/h7-11H,2-6H2,1H3,(H2,16,17,18). The molecule has 0 radical (unpaired) electrons. The molecule has 1 aromatic carbocycles. The number of aromatic nitrogens is 2. The van der Waals surface area contributed by atoms with Crippen LogP contribution in [0.4, 0.5) is 11.6 Å². The Hall–Kier alpha value is -2.11. The summed E-state index contributed by atoms with van der Waals surface area (Å²) in [5.74, 6) is 1.51. The number of benzene rings is 1. The number of non-ortho nitro benzene ring substituents is 1. The van der Waals surface area contributed by atoms with Crippen LogP contribution in [0.3, 0.4) is 0 Å². The van der Waals surface area contributed by atoms with E-state index in [1.54, 1.807) is 6.07 Å². The van der Waals surface area contributed by atoms with Crippen molar-refractivity contribution in [2.75, 3.05) is 5.32 Å². The van der Waals surface area contributed by atoms with Crippen LogP contribution in [0.25, 0.3) is 11.0 Å². The number of H-pyrrole nitrogens is 1. The van der Waals surface area contributed by atoms with Gasteiger partial charge < -0.3 is 10.3 Å². The minimum Gasteiger partial charge on any atom is -0.353 e. The molecule has 0 spiro atoms. The lowest BCUT2D eigenvalue weighted by Crippen LogP contribution is -2.19. The molecule has 2 N–H and O–H groups in total. The van der Waals surface area contributed by atoms with Crippen LogP contribution in [0.2, 0.25) is 0 Å². The molecule has 0 saturated heterocycles. The van der Waals surface area contributed by atoms with Gasteiger partial charge in [0.25, 0.3) is 5.69 Å². The van der Waals surface area contributed by atoms with Crippen LogP contribution in [0.15, 0.2) is 18.2 Å². The van der Waals surface area contributed by atoms with Crippen LogP contribution < -0.4 is 5.32 Å². The van der Waals surface area contributed by atoms with Gasteiger partial charge in [-0.25, -0.2) is 4.98 Å². The molecule has 6 heteroatoms. The van der Waals surface area contributed by atoms with Crippen molar-refractivity contribution in [1.82, 2.24) is 9.97 Å². The van der Waals surface area contributed by atoms with Gasteiger partial charge in [0.05, 0.1) is 16.0 Å². The summed E-state index contributed by atoms with van der Waals surface area (Å²) in [7, 11) is 0. The average Bonchev–Trinajstić information content (AvgIpc) is 2.74. The Morgan fingerprint density at radius 2 is 2.19 bits per heavy atom. The molecule has 0 aliphatic heterocycles. The zero-order valence-electron chi connectivity index (χ0n) is 12.1. The van der Waals surface area contributed by atoms with Gasteiger partial charge in [-0.3, -0.25) is 10.1 Å². The van der Waals surface area contributed by atoms with E-state index in [4.69, 9.17) is 0 Å². The number of nitro groups is 1. The molecule has 6 nitrogen and oxygen atoms in total. The van der Waals surface area contributed by atoms with Crippen molar-refractivity contribution in [3.63, 3.8) is 0 Å². The van der Waals surface area contributed by atoms with Gasteiger partial charge in [0.1, 0.15) is 0 Å². The molecule has 0 bridgehead atoms. The molecule has 1 aliphatic carbocycles. The Bertz CT molecular complexity index is 652. The van der Waals surface area contributed by atoms with Crippen LogP contribution in [0, 0.1) is 16.0 Å². The molecule has 1 aliphatic rings. The zero-order chi connectivity index (χ0) is 14.8. The van der Waals surface area contributed by atoms with E-state index in [0.29, 0.717) is 17.5 Å². The Morgan fingerprint density at radius 3 is 3.00 bits per heavy atom. The van der Waals surface area contributed by atoms with Gasteiger partial charge in [0.15, 0.2) is 0 Å². The number of hydrogen-bond acceptors (Lipinski definition) is 4. The van der Waals surface area contributed by atoms with Crippen LogP contribution in [0.1, 0.15) is 39.0 Å². The summed E-state index contributed by atoms with van der Waals surface area (Å²) in [4.78, 5) is 18.0. The number of rotatable bonds is 3. The van der Waals surface area contributed by atoms with Crippen LogP contribution >= 0.6 is 0 Å². The first-order chi connectivity index (χ1) is 10.1. The Morgan fingerprint density at radius 1 is 1.33 bits per heavy atom. The number of aromatic amines is 1. The van der Waals surface area contributed by atoms with E-state index in [-0.39, 0.29) is 10.6 Å². The van der Waals surface area contributed by atoms with E-state index in [0.717, 1.165) is 24.3 Å². The van der Waals surface area contributed by atoms with E-state index in [1.807, 2.05) is 0 Å². The molecule has 112 valence electrons. The maximum absolute atomic E-state index is 10.8. The normalized spacial score (nSPS) is 22.9. The topological polar surface area (TPSA) is 83.8 Å². The van der Waals surface area contributed by atoms with Crippen LogP contribution in [0.5, 0.6) is 0 Å². The van der Waals surface area contributed by atoms with E-state index in [9.17, 15) is 10.1 Å². The van der Waals surface area contributed by atoms with Crippen molar-refractivity contribution in [2.24, 2.45) is 5.92 Å². The molecular formula is C15H20N4O2. The number of nitrogens with zero attached hydrogens (tertiary/aromatic N) is 2. The molecule has 2 unspecified atom stereocenters. The Labute approximate surface area is 123 Å². The lowest BCUT2D eigenvalue weighted by atomic mass is 10.0. The first-order valence-corrected chi connectivity index (χ1v) is 7.52. The van der Waals surface area contributed by atoms with Gasteiger partial charge in [-0.2, -0.15) is 0 Å². The van der Waals surface area contributed by atoms with E-state index >= 15 is 0 Å². The van der Waals surface area contributed by atoms with Crippen molar-refractivity contribution in [2.45, 2.75) is 45.1 Å². The Kier molecular flexibility index (Phi) is 3.77. The lowest BCUT2D eigenvalue weighted by Gasteiger charge is -2.15. The largest absolute Gasteiger partial charge is 0.353 e. The second-order valence-electron chi connectivity index (χ2n) is 6.00. The minimum absolute atomic E-state index is 0.0843. The fourth-order valence-corrected chi connectivity index (χ4v) is 3.00. The second kappa shape index (κ2) is 5.71. The van der Waals surface area contributed by atoms with Crippen LogP contribution in [-0.4, -0.2) is 20.9 Å². The number of fused-ring (bicyclic) bond motifs is 1. The third kappa shape index (κ3) is 3.15. The van der Waals surface area contributed by atoms with Crippen molar-refractivity contribution < 1.29 is 4.92 Å². The summed E-state index contributed by atoms with van der Waals surface area (Å²) in [6.45, 7) is 2.31. The maximum Gasteiger partial charge on any atom is 0.271 e. The minimum atomic E-state index is -0.389. The molecule has 0 amide bonds. The second-order valence-corrected chi connectivity index (χ2v) is 6.00. The lowest BCUT2D eigenvalue weighted by molar-refractivity contribution is -0.384. The van der Waals surface area contributed by atoms with Crippen molar-refractivity contribution in [3.8, 4) is 0 Å². The third-order valence-corrected chi connectivity index (χ3v) is 4.27. The number of anilines is 1. The first kappa shape index (κ1) is 13.9. The number of hydrogen-bond donors (Lipinski definition) is 2. The molecule has 1 aromatic heterocycles. The van der Waals surface area contributed by atoms with Crippen molar-refractivity contribution in [1.29, 1.82) is 0 Å². The summed E-state index contributed by atoms with van der Waals surface area (Å²) in [5, 5.41) is 14.2. The highest BCUT2D eigenvalue weighted by Gasteiger charge is 2.17. The predicted molar refractivity (Wildman–Crippen MR) is 82.4 cm³/mol. The monoisotopic (exact) mass is 288 g/mol.